The van der Waals surface area contributed by atoms with E-state index in [1.165, 1.54) is 6.92 Å². The molecule has 0 unspecified atom stereocenters. The van der Waals surface area contributed by atoms with Crippen LogP contribution in [0.5, 0.6) is 5.75 Å². The van der Waals surface area contributed by atoms with Gasteiger partial charge in [-0.15, -0.1) is 5.10 Å². The van der Waals surface area contributed by atoms with E-state index in [1.807, 2.05) is 23.9 Å². The number of benzene rings is 1. The van der Waals surface area contributed by atoms with Crippen LogP contribution in [0.1, 0.15) is 103 Å². The Hall–Kier alpha value is -1.90. The number of aromatic nitrogens is 3. The van der Waals surface area contributed by atoms with Gasteiger partial charge in [-0.25, -0.2) is 0 Å². The van der Waals surface area contributed by atoms with Gasteiger partial charge in [0, 0.05) is 25.4 Å². The third-order valence-corrected chi connectivity index (χ3v) is 6.96. The summed E-state index contributed by atoms with van der Waals surface area (Å²) in [6, 6.07) is 4.13. The van der Waals surface area contributed by atoms with Crippen LogP contribution < -0.4 is 4.74 Å². The minimum Gasteiger partial charge on any atom is -0.426 e. The van der Waals surface area contributed by atoms with E-state index in [0.717, 1.165) is 74.1 Å². The highest BCUT2D eigenvalue weighted by atomic mass is 32.1. The Bertz CT molecular complexity index is 1060. The zero-order valence-electron chi connectivity index (χ0n) is 25.7. The van der Waals surface area contributed by atoms with Crippen molar-refractivity contribution in [1.29, 1.82) is 0 Å². The molecule has 2 aromatic rings. The van der Waals surface area contributed by atoms with E-state index in [1.54, 1.807) is 0 Å². The highest BCUT2D eigenvalue weighted by Crippen LogP contribution is 2.28. The molecule has 2 rings (SSSR count). The molecule has 1 heterocycles. The molecule has 0 N–H and O–H groups in total. The van der Waals surface area contributed by atoms with Crippen molar-refractivity contribution in [2.24, 2.45) is 5.41 Å². The molecule has 7 nitrogen and oxygen atoms in total. The summed E-state index contributed by atoms with van der Waals surface area (Å²) in [5, 5.41) is 8.70. The Balaban J connectivity index is 1.77. The van der Waals surface area contributed by atoms with Crippen LogP contribution >= 0.6 is 12.6 Å². The Kier molecular flexibility index (Phi) is 12.5. The van der Waals surface area contributed by atoms with Gasteiger partial charge in [-0.3, -0.25) is 9.48 Å². The van der Waals surface area contributed by atoms with Crippen molar-refractivity contribution in [3.8, 4) is 5.75 Å². The van der Waals surface area contributed by atoms with Crippen LogP contribution in [0, 0.1) is 12.3 Å². The van der Waals surface area contributed by atoms with Gasteiger partial charge in [0.25, 0.3) is 0 Å². The summed E-state index contributed by atoms with van der Waals surface area (Å²) in [6.45, 7) is 20.6. The molecular weight excluding hydrogens is 510 g/mol. The van der Waals surface area contributed by atoms with Crippen LogP contribution in [0.3, 0.4) is 0 Å². The first-order valence-electron chi connectivity index (χ1n) is 14.2. The number of hydrogen-bond acceptors (Lipinski definition) is 7. The van der Waals surface area contributed by atoms with E-state index >= 15 is 0 Å². The fourth-order valence-corrected chi connectivity index (χ4v) is 4.37. The van der Waals surface area contributed by atoms with Gasteiger partial charge in [0.05, 0.1) is 30.1 Å². The molecule has 0 aliphatic heterocycles. The van der Waals surface area contributed by atoms with Crippen molar-refractivity contribution < 1.29 is 19.0 Å². The minimum atomic E-state index is -0.294. The van der Waals surface area contributed by atoms with E-state index < -0.39 is 0 Å². The first-order chi connectivity index (χ1) is 18.1. The number of hydrogen-bond donors (Lipinski definition) is 1. The van der Waals surface area contributed by atoms with Gasteiger partial charge in [0.15, 0.2) is 0 Å². The standard InChI is InChI=1S/C31H51N3O4S/c1-23-18-25(21-39)19-26(28(23)38-24(2)35)12-10-11-13-27-20-34(33-32-27)16-14-30(6,7)36-17-15-31(8,9)37-22-29(3,4)5/h18-20,39H,10-17,21-22H2,1-9H3. The van der Waals surface area contributed by atoms with Crippen molar-refractivity contribution in [2.45, 2.75) is 124 Å². The molecule has 39 heavy (non-hydrogen) atoms. The van der Waals surface area contributed by atoms with Crippen LogP contribution in [0.4, 0.5) is 0 Å². The van der Waals surface area contributed by atoms with Gasteiger partial charge in [0.2, 0.25) is 0 Å². The average Bonchev–Trinajstić information content (AvgIpc) is 3.28. The predicted octanol–water partition coefficient (Wildman–Crippen LogP) is 6.92. The first-order valence-corrected chi connectivity index (χ1v) is 14.8. The summed E-state index contributed by atoms with van der Waals surface area (Å²) in [7, 11) is 0. The summed E-state index contributed by atoms with van der Waals surface area (Å²) in [5.41, 5.74) is 3.84. The Morgan fingerprint density at radius 1 is 0.974 bits per heavy atom. The molecule has 0 aliphatic rings. The zero-order valence-corrected chi connectivity index (χ0v) is 26.6. The van der Waals surface area contributed by atoms with Crippen molar-refractivity contribution in [2.75, 3.05) is 13.2 Å². The normalized spacial score (nSPS) is 12.7. The maximum absolute atomic E-state index is 11.6. The number of nitrogens with zero attached hydrogens (tertiary/aromatic N) is 3. The number of rotatable bonds is 16. The Morgan fingerprint density at radius 2 is 1.64 bits per heavy atom. The van der Waals surface area contributed by atoms with Crippen LogP contribution in [0.25, 0.3) is 0 Å². The predicted molar refractivity (Wildman–Crippen MR) is 161 cm³/mol. The van der Waals surface area contributed by atoms with Crippen LogP contribution in [-0.4, -0.2) is 45.4 Å². The van der Waals surface area contributed by atoms with Crippen molar-refractivity contribution in [3.63, 3.8) is 0 Å². The SMILES string of the molecule is CC(=O)Oc1c(C)cc(CS)cc1CCCCc1cn(CCC(C)(C)OCCC(C)(C)OCC(C)(C)C)nn1. The first kappa shape index (κ1) is 33.3. The van der Waals surface area contributed by atoms with Crippen molar-refractivity contribution in [1.82, 2.24) is 15.0 Å². The molecule has 8 heteroatoms. The third-order valence-electron chi connectivity index (χ3n) is 6.59. The molecule has 0 saturated carbocycles. The topological polar surface area (TPSA) is 75.5 Å². The maximum Gasteiger partial charge on any atom is 0.308 e. The second-order valence-corrected chi connectivity index (χ2v) is 13.4. The zero-order chi connectivity index (χ0) is 29.3. The quantitative estimate of drug-likeness (QED) is 0.104. The molecule has 0 atom stereocenters. The summed E-state index contributed by atoms with van der Waals surface area (Å²) in [4.78, 5) is 11.6. The third kappa shape index (κ3) is 12.9. The van der Waals surface area contributed by atoms with E-state index in [-0.39, 0.29) is 22.6 Å². The molecule has 220 valence electrons. The van der Waals surface area contributed by atoms with Crippen LogP contribution in [0.15, 0.2) is 18.3 Å². The largest absolute Gasteiger partial charge is 0.426 e. The Labute approximate surface area is 241 Å². The number of thiol groups is 1. The summed E-state index contributed by atoms with van der Waals surface area (Å²) >= 11 is 4.41. The molecule has 0 aliphatic carbocycles. The number of esters is 1. The second-order valence-electron chi connectivity index (χ2n) is 13.0. The monoisotopic (exact) mass is 561 g/mol. The number of carbonyl (C=O) groups is 1. The molecule has 0 bridgehead atoms. The van der Waals surface area contributed by atoms with Gasteiger partial charge >= 0.3 is 5.97 Å². The molecule has 0 saturated heterocycles. The van der Waals surface area contributed by atoms with Crippen molar-refractivity contribution >= 4 is 18.6 Å². The molecule has 0 amide bonds. The lowest BCUT2D eigenvalue weighted by Crippen LogP contribution is -2.33. The van der Waals surface area contributed by atoms with Gasteiger partial charge in [-0.05, 0) is 95.2 Å². The summed E-state index contributed by atoms with van der Waals surface area (Å²) in [6.07, 6.45) is 7.37. The molecule has 0 fully saturated rings. The van der Waals surface area contributed by atoms with Gasteiger partial charge in [-0.2, -0.15) is 12.6 Å². The smallest absolute Gasteiger partial charge is 0.308 e. The van der Waals surface area contributed by atoms with Crippen LogP contribution in [0.2, 0.25) is 0 Å². The average molecular weight is 562 g/mol. The van der Waals surface area contributed by atoms with Gasteiger partial charge in [-0.1, -0.05) is 38.1 Å². The number of carbonyl (C=O) groups excluding carboxylic acids is 1. The fraction of sp³-hybridized carbons (Fsp3) is 0.710. The summed E-state index contributed by atoms with van der Waals surface area (Å²) < 4.78 is 19.8. The lowest BCUT2D eigenvalue weighted by Gasteiger charge is -2.32. The van der Waals surface area contributed by atoms with Crippen molar-refractivity contribution in [3.05, 3.63) is 40.7 Å². The molecule has 0 radical (unpaired) electrons. The molecule has 0 spiro atoms. The number of ether oxygens (including phenoxy) is 3. The second kappa shape index (κ2) is 14.6. The lowest BCUT2D eigenvalue weighted by molar-refractivity contribution is -0.132. The Morgan fingerprint density at radius 3 is 2.28 bits per heavy atom. The fourth-order valence-electron chi connectivity index (χ4n) is 4.19. The van der Waals surface area contributed by atoms with E-state index in [4.69, 9.17) is 14.2 Å². The molecule has 1 aromatic heterocycles. The number of aryl methyl sites for hydroxylation is 4. The maximum atomic E-state index is 11.6. The van der Waals surface area contributed by atoms with E-state index in [0.29, 0.717) is 18.1 Å². The van der Waals surface area contributed by atoms with E-state index in [9.17, 15) is 4.79 Å². The van der Waals surface area contributed by atoms with Gasteiger partial charge in [0.1, 0.15) is 5.75 Å². The van der Waals surface area contributed by atoms with Crippen LogP contribution in [-0.2, 0) is 39.4 Å². The minimum absolute atomic E-state index is 0.153. The summed E-state index contributed by atoms with van der Waals surface area (Å²) in [5.74, 6) is 1.05. The van der Waals surface area contributed by atoms with E-state index in [2.05, 4.69) is 77.5 Å². The van der Waals surface area contributed by atoms with Gasteiger partial charge < -0.3 is 14.2 Å². The molecule has 1 aromatic carbocycles. The number of unbranched alkanes of at least 4 members (excludes halogenated alkanes) is 1. The highest BCUT2D eigenvalue weighted by molar-refractivity contribution is 7.79. The molecular formula is C31H51N3O4S. The highest BCUT2D eigenvalue weighted by Gasteiger charge is 2.25. The lowest BCUT2D eigenvalue weighted by atomic mass is 9.97.